The van der Waals surface area contributed by atoms with E-state index < -0.39 is 0 Å². The van der Waals surface area contributed by atoms with E-state index in [0.29, 0.717) is 0 Å². The molecule has 0 saturated heterocycles. The van der Waals surface area contributed by atoms with Crippen LogP contribution in [0.15, 0.2) is 102 Å². The van der Waals surface area contributed by atoms with Crippen LogP contribution in [0.2, 0.25) is 0 Å². The quantitative estimate of drug-likeness (QED) is 0.195. The van der Waals surface area contributed by atoms with Gasteiger partial charge in [-0.05, 0) is 58.0 Å². The van der Waals surface area contributed by atoms with Crippen molar-refractivity contribution in [2.75, 3.05) is 16.5 Å². The summed E-state index contributed by atoms with van der Waals surface area (Å²) in [6, 6.07) is 34.1. The Morgan fingerprint density at radius 2 is 1.51 bits per heavy atom. The van der Waals surface area contributed by atoms with Crippen molar-refractivity contribution in [3.63, 3.8) is 0 Å². The molecule has 5 heterocycles. The van der Waals surface area contributed by atoms with Crippen LogP contribution in [0.1, 0.15) is 56.1 Å². The van der Waals surface area contributed by atoms with E-state index in [1.807, 2.05) is 0 Å². The van der Waals surface area contributed by atoms with Gasteiger partial charge >= 0.3 is 0 Å². The zero-order valence-corrected chi connectivity index (χ0v) is 21.4. The third kappa shape index (κ3) is 2.15. The second kappa shape index (κ2) is 6.65. The number of aromatic nitrogens is 1. The van der Waals surface area contributed by atoms with Crippen LogP contribution in [0.25, 0.3) is 0 Å². The van der Waals surface area contributed by atoms with Crippen molar-refractivity contribution in [2.45, 2.75) is 24.3 Å². The smallest absolute Gasteiger partial charge is 0.244 e. The lowest BCUT2D eigenvalue weighted by atomic mass is 9.63. The number of fused-ring (bicyclic) bond motifs is 7. The summed E-state index contributed by atoms with van der Waals surface area (Å²) in [5.41, 5.74) is 17.6. The van der Waals surface area contributed by atoms with Gasteiger partial charge in [-0.15, -0.1) is 0 Å². The molecular weight excluding hydrogens is 476 g/mol. The molecule has 0 fully saturated rings. The summed E-state index contributed by atoms with van der Waals surface area (Å²) in [6.07, 6.45) is 4.24. The highest BCUT2D eigenvalue weighted by atomic mass is 15.5. The Bertz CT molecular complexity index is 1930. The summed E-state index contributed by atoms with van der Waals surface area (Å²) < 4.78 is 2.59. The predicted molar refractivity (Wildman–Crippen MR) is 154 cm³/mol. The maximum absolute atomic E-state index is 4.58. The Morgan fingerprint density at radius 3 is 2.44 bits per heavy atom. The molecule has 184 valence electrons. The van der Waals surface area contributed by atoms with E-state index in [1.54, 1.807) is 0 Å². The zero-order valence-electron chi connectivity index (χ0n) is 21.4. The molecule has 0 amide bonds. The largest absolute Gasteiger partial charge is 0.309 e. The predicted octanol–water partition coefficient (Wildman–Crippen LogP) is 6.29. The highest BCUT2D eigenvalue weighted by Crippen LogP contribution is 2.64. The fourth-order valence-corrected chi connectivity index (χ4v) is 8.61. The summed E-state index contributed by atoms with van der Waals surface area (Å²) in [6.45, 7) is 4.77. The normalized spacial score (nSPS) is 21.4. The molecule has 0 saturated carbocycles. The topological polar surface area (TPSA) is 22.7 Å². The molecule has 0 bridgehead atoms. The number of anilines is 4. The molecule has 5 aliphatic rings. The van der Waals surface area contributed by atoms with Crippen LogP contribution >= 0.6 is 0 Å². The van der Waals surface area contributed by atoms with Crippen molar-refractivity contribution in [1.82, 2.24) is 0 Å². The Kier molecular flexibility index (Phi) is 3.46. The van der Waals surface area contributed by atoms with E-state index >= 15 is 0 Å². The first-order valence-corrected chi connectivity index (χ1v) is 13.8. The number of hydrogen-bond donors (Lipinski definition) is 0. The van der Waals surface area contributed by atoms with Gasteiger partial charge in [-0.2, -0.15) is 9.67 Å². The molecule has 1 aliphatic carbocycles. The number of nitrogens with zero attached hydrogens (tertiary/aromatic N) is 4. The number of hydrogen-bond acceptors (Lipinski definition) is 3. The number of hydrazone groups is 1. The number of pyridine rings is 1. The summed E-state index contributed by atoms with van der Waals surface area (Å²) in [7, 11) is 0. The van der Waals surface area contributed by atoms with Crippen LogP contribution in [0.5, 0.6) is 0 Å². The first-order chi connectivity index (χ1) is 19.3. The van der Waals surface area contributed by atoms with Crippen LogP contribution in [-0.4, -0.2) is 13.3 Å². The number of para-hydroxylation sites is 1. The Balaban J connectivity index is 1.44. The maximum Gasteiger partial charge on any atom is 0.244 e. The van der Waals surface area contributed by atoms with Crippen molar-refractivity contribution in [1.29, 1.82) is 0 Å². The van der Waals surface area contributed by atoms with Gasteiger partial charge < -0.3 is 4.90 Å². The van der Waals surface area contributed by atoms with E-state index in [-0.39, 0.29) is 11.5 Å². The molecule has 10 rings (SSSR count). The minimum atomic E-state index is -0.370. The Labute approximate surface area is 227 Å². The SMILES string of the molecule is C=NN1CC23c4c1cccc4N1c4ccccc4Cc4cc5c(c2c41)C(c1ccccc1C5)c1cccc[n+]13. The van der Waals surface area contributed by atoms with Crippen LogP contribution in [-0.2, 0) is 18.4 Å². The minimum absolute atomic E-state index is 0.204. The van der Waals surface area contributed by atoms with E-state index in [0.717, 1.165) is 25.1 Å². The number of rotatable bonds is 1. The van der Waals surface area contributed by atoms with Crippen LogP contribution in [0.4, 0.5) is 22.7 Å². The van der Waals surface area contributed by atoms with Crippen molar-refractivity contribution in [3.05, 3.63) is 147 Å². The van der Waals surface area contributed by atoms with E-state index in [1.165, 1.54) is 67.3 Å². The van der Waals surface area contributed by atoms with Gasteiger partial charge in [0.2, 0.25) is 5.54 Å². The minimum Gasteiger partial charge on any atom is -0.309 e. The van der Waals surface area contributed by atoms with E-state index in [4.69, 9.17) is 0 Å². The molecule has 4 aliphatic heterocycles. The lowest BCUT2D eigenvalue weighted by Gasteiger charge is -2.48. The summed E-state index contributed by atoms with van der Waals surface area (Å²) in [5.74, 6) is 0.204. The summed E-state index contributed by atoms with van der Waals surface area (Å²) in [4.78, 5) is 2.57. The van der Waals surface area contributed by atoms with Gasteiger partial charge in [-0.3, -0.25) is 5.01 Å². The summed E-state index contributed by atoms with van der Waals surface area (Å²) >= 11 is 0. The van der Waals surface area contributed by atoms with Gasteiger partial charge in [-0.25, -0.2) is 0 Å². The van der Waals surface area contributed by atoms with Gasteiger partial charge in [0.05, 0.1) is 34.1 Å². The van der Waals surface area contributed by atoms with Gasteiger partial charge in [0.1, 0.15) is 6.54 Å². The Morgan fingerprint density at radius 1 is 0.744 bits per heavy atom. The molecule has 4 heteroatoms. The fraction of sp³-hybridized carbons (Fsp3) is 0.143. The van der Waals surface area contributed by atoms with Crippen molar-refractivity contribution in [3.8, 4) is 0 Å². The van der Waals surface area contributed by atoms with Crippen molar-refractivity contribution in [2.24, 2.45) is 5.10 Å². The lowest BCUT2D eigenvalue weighted by Crippen LogP contribution is -2.66. The molecule has 4 aromatic carbocycles. The average molecular weight is 502 g/mol. The van der Waals surface area contributed by atoms with Crippen LogP contribution in [0.3, 0.4) is 0 Å². The average Bonchev–Trinajstić information content (AvgIpc) is 3.33. The molecule has 2 atom stereocenters. The Hall–Kier alpha value is -4.70. The first kappa shape index (κ1) is 20.3. The zero-order chi connectivity index (χ0) is 25.5. The molecule has 1 aromatic heterocycles. The van der Waals surface area contributed by atoms with Crippen molar-refractivity contribution >= 4 is 29.5 Å². The maximum atomic E-state index is 4.58. The van der Waals surface area contributed by atoms with Crippen LogP contribution < -0.4 is 14.5 Å². The van der Waals surface area contributed by atoms with Gasteiger partial charge in [-0.1, -0.05) is 60.7 Å². The monoisotopic (exact) mass is 501 g/mol. The molecule has 0 radical (unpaired) electrons. The highest BCUT2D eigenvalue weighted by Gasteiger charge is 2.64. The molecule has 39 heavy (non-hydrogen) atoms. The van der Waals surface area contributed by atoms with E-state index in [2.05, 4.69) is 123 Å². The van der Waals surface area contributed by atoms with Gasteiger partial charge in [0.25, 0.3) is 0 Å². The van der Waals surface area contributed by atoms with Crippen LogP contribution in [0, 0.1) is 0 Å². The second-order valence-corrected chi connectivity index (χ2v) is 11.5. The molecule has 5 aromatic rings. The standard InChI is InChI=1S/C35H25N4/c1-36-38-20-35-32-28(38)14-8-15-29(32)39-26-12-5-3-10-22(26)18-24-19-23-17-21-9-2-4-11-25(21)31(30(23)33(35)34(24)39)27-13-6-7-16-37(27)35/h2-16,19,31H,1,17-18,20H2/q+1. The molecule has 0 N–H and O–H groups in total. The molecule has 2 unspecified atom stereocenters. The second-order valence-electron chi connectivity index (χ2n) is 11.5. The molecular formula is C35H25N4+. The van der Waals surface area contributed by atoms with Crippen molar-refractivity contribution < 1.29 is 4.57 Å². The molecule has 1 spiro atoms. The highest BCUT2D eigenvalue weighted by molar-refractivity contribution is 5.96. The number of benzene rings is 4. The first-order valence-electron chi connectivity index (χ1n) is 13.8. The fourth-order valence-electron chi connectivity index (χ4n) is 8.61. The van der Waals surface area contributed by atoms with E-state index in [9.17, 15) is 0 Å². The third-order valence-electron chi connectivity index (χ3n) is 9.89. The van der Waals surface area contributed by atoms with Gasteiger partial charge in [0.15, 0.2) is 11.9 Å². The van der Waals surface area contributed by atoms with Gasteiger partial charge in [0, 0.05) is 31.0 Å². The third-order valence-corrected chi connectivity index (χ3v) is 9.89. The molecule has 4 nitrogen and oxygen atoms in total. The summed E-state index contributed by atoms with van der Waals surface area (Å²) in [5, 5.41) is 6.72. The lowest BCUT2D eigenvalue weighted by molar-refractivity contribution is -0.749.